The first-order valence-electron chi connectivity index (χ1n) is 7.59. The van der Waals surface area contributed by atoms with E-state index >= 15 is 0 Å². The zero-order valence-electron chi connectivity index (χ0n) is 13.1. The summed E-state index contributed by atoms with van der Waals surface area (Å²) in [6, 6.07) is 8.57. The Hall–Kier alpha value is -1.86. The smallest absolute Gasteiger partial charge is 0.238 e. The van der Waals surface area contributed by atoms with Gasteiger partial charge in [0.2, 0.25) is 15.9 Å². The Morgan fingerprint density at radius 3 is 2.61 bits per heavy atom. The molecule has 0 radical (unpaired) electrons. The van der Waals surface area contributed by atoms with Gasteiger partial charge < -0.3 is 9.73 Å². The average Bonchev–Trinajstić information content (AvgIpc) is 3.20. The van der Waals surface area contributed by atoms with Crippen LogP contribution in [0.1, 0.15) is 31.6 Å². The zero-order chi connectivity index (χ0) is 16.6. The van der Waals surface area contributed by atoms with Gasteiger partial charge in [-0.25, -0.2) is 13.1 Å². The molecule has 7 heteroatoms. The molecule has 0 saturated heterocycles. The van der Waals surface area contributed by atoms with Crippen LogP contribution in [0.3, 0.4) is 0 Å². The van der Waals surface area contributed by atoms with Crippen molar-refractivity contribution < 1.29 is 17.6 Å². The molecule has 2 N–H and O–H groups in total. The van der Waals surface area contributed by atoms with Crippen LogP contribution in [0.2, 0.25) is 0 Å². The normalized spacial score (nSPS) is 17.8. The number of benzene rings is 1. The molecule has 1 aliphatic rings. The number of fused-ring (bicyclic) bond motifs is 1. The number of furan rings is 1. The predicted molar refractivity (Wildman–Crippen MR) is 87.3 cm³/mol. The minimum Gasteiger partial charge on any atom is -0.459 e. The summed E-state index contributed by atoms with van der Waals surface area (Å²) in [7, 11) is -3.43. The van der Waals surface area contributed by atoms with Crippen molar-refractivity contribution in [1.29, 1.82) is 0 Å². The Balaban J connectivity index is 1.78. The summed E-state index contributed by atoms with van der Waals surface area (Å²) in [5.41, 5.74) is 0.782. The fraction of sp³-hybridized carbons (Fsp3) is 0.438. The van der Waals surface area contributed by atoms with E-state index in [1.165, 1.54) is 6.92 Å². The van der Waals surface area contributed by atoms with E-state index in [2.05, 4.69) is 10.0 Å². The maximum absolute atomic E-state index is 12.3. The van der Waals surface area contributed by atoms with Crippen molar-refractivity contribution in [3.05, 3.63) is 36.1 Å². The lowest BCUT2D eigenvalue weighted by molar-refractivity contribution is -0.123. The van der Waals surface area contributed by atoms with Gasteiger partial charge >= 0.3 is 0 Å². The molecule has 124 valence electrons. The second-order valence-corrected chi connectivity index (χ2v) is 7.90. The Morgan fingerprint density at radius 1 is 1.30 bits per heavy atom. The molecule has 2 aromatic rings. The molecule has 0 unspecified atom stereocenters. The molecule has 6 nitrogen and oxygen atoms in total. The average molecular weight is 336 g/mol. The number of carbonyl (C=O) groups is 1. The van der Waals surface area contributed by atoms with Crippen LogP contribution in [0.15, 0.2) is 34.7 Å². The molecule has 0 bridgehead atoms. The van der Waals surface area contributed by atoms with Gasteiger partial charge in [-0.2, -0.15) is 0 Å². The highest BCUT2D eigenvalue weighted by Gasteiger charge is 2.36. The van der Waals surface area contributed by atoms with Gasteiger partial charge in [-0.05, 0) is 37.8 Å². The number of para-hydroxylation sites is 1. The highest BCUT2D eigenvalue weighted by Crippen LogP contribution is 2.42. The first-order chi connectivity index (χ1) is 10.8. The fourth-order valence-electron chi connectivity index (χ4n) is 2.66. The maximum Gasteiger partial charge on any atom is 0.238 e. The van der Waals surface area contributed by atoms with Crippen LogP contribution in [-0.4, -0.2) is 26.6 Å². The summed E-state index contributed by atoms with van der Waals surface area (Å²) >= 11 is 0. The number of nitrogens with one attached hydrogen (secondary N) is 2. The van der Waals surface area contributed by atoms with Crippen molar-refractivity contribution in [2.45, 2.75) is 31.8 Å². The quantitative estimate of drug-likeness (QED) is 0.844. The molecule has 1 fully saturated rings. The van der Waals surface area contributed by atoms with Gasteiger partial charge in [0.1, 0.15) is 11.3 Å². The minimum absolute atomic E-state index is 0.223. The predicted octanol–water partition coefficient (Wildman–Crippen LogP) is 1.94. The van der Waals surface area contributed by atoms with Crippen LogP contribution < -0.4 is 10.0 Å². The highest BCUT2D eigenvalue weighted by atomic mass is 32.2. The molecule has 1 saturated carbocycles. The van der Waals surface area contributed by atoms with Crippen molar-refractivity contribution >= 4 is 26.9 Å². The highest BCUT2D eigenvalue weighted by molar-refractivity contribution is 7.88. The molecule has 1 amide bonds. The van der Waals surface area contributed by atoms with Crippen LogP contribution in [0.25, 0.3) is 11.0 Å². The van der Waals surface area contributed by atoms with Crippen molar-refractivity contribution in [3.8, 4) is 0 Å². The van der Waals surface area contributed by atoms with Crippen molar-refractivity contribution in [3.63, 3.8) is 0 Å². The van der Waals surface area contributed by atoms with Crippen LogP contribution in [-0.2, 0) is 14.8 Å². The summed E-state index contributed by atoms with van der Waals surface area (Å²) in [5.74, 6) is 0.700. The summed E-state index contributed by atoms with van der Waals surface area (Å²) in [5, 5.41) is 3.91. The van der Waals surface area contributed by atoms with Gasteiger partial charge in [0, 0.05) is 5.39 Å². The van der Waals surface area contributed by atoms with E-state index in [1.807, 2.05) is 30.3 Å². The molecule has 1 aromatic carbocycles. The Kier molecular flexibility index (Phi) is 4.16. The number of rotatable bonds is 6. The standard InChI is InChI=1S/C16H20N2O4S/c1-10(18-23(2,20)21)16(19)17-15(11-7-8-11)14-9-12-5-3-4-6-13(12)22-14/h3-6,9-11,15,18H,7-8H2,1-2H3,(H,17,19)/t10-,15+/m0/s1. The fourth-order valence-corrected chi connectivity index (χ4v) is 3.41. The molecule has 1 aromatic heterocycles. The van der Waals surface area contributed by atoms with Gasteiger partial charge in [0.15, 0.2) is 0 Å². The van der Waals surface area contributed by atoms with Crippen LogP contribution in [0.5, 0.6) is 0 Å². The van der Waals surface area contributed by atoms with Crippen molar-refractivity contribution in [1.82, 2.24) is 10.0 Å². The largest absolute Gasteiger partial charge is 0.459 e. The van der Waals surface area contributed by atoms with E-state index in [9.17, 15) is 13.2 Å². The van der Waals surface area contributed by atoms with Gasteiger partial charge in [0.05, 0.1) is 18.3 Å². The summed E-state index contributed by atoms with van der Waals surface area (Å²) < 4.78 is 30.7. The molecule has 2 atom stereocenters. The van der Waals surface area contributed by atoms with E-state index in [1.54, 1.807) is 0 Å². The molecular weight excluding hydrogens is 316 g/mol. The van der Waals surface area contributed by atoms with E-state index in [0.717, 1.165) is 30.1 Å². The van der Waals surface area contributed by atoms with E-state index in [-0.39, 0.29) is 11.9 Å². The Labute approximate surface area is 135 Å². The van der Waals surface area contributed by atoms with Gasteiger partial charge in [0.25, 0.3) is 0 Å². The molecule has 0 spiro atoms. The lowest BCUT2D eigenvalue weighted by Gasteiger charge is -2.19. The zero-order valence-corrected chi connectivity index (χ0v) is 13.9. The van der Waals surface area contributed by atoms with E-state index < -0.39 is 16.1 Å². The van der Waals surface area contributed by atoms with Gasteiger partial charge in [-0.15, -0.1) is 0 Å². The lowest BCUT2D eigenvalue weighted by atomic mass is 10.1. The molecule has 1 heterocycles. The van der Waals surface area contributed by atoms with Crippen LogP contribution in [0.4, 0.5) is 0 Å². The topological polar surface area (TPSA) is 88.4 Å². The van der Waals surface area contributed by atoms with Crippen LogP contribution >= 0.6 is 0 Å². The number of hydrogen-bond acceptors (Lipinski definition) is 4. The summed E-state index contributed by atoms with van der Waals surface area (Å²) in [4.78, 5) is 12.3. The SMILES string of the molecule is C[C@H](NS(C)(=O)=O)C(=O)N[C@@H](c1cc2ccccc2o1)C1CC1. The second kappa shape index (κ2) is 5.98. The van der Waals surface area contributed by atoms with Crippen molar-refractivity contribution in [2.75, 3.05) is 6.26 Å². The minimum atomic E-state index is -3.43. The molecule has 0 aliphatic heterocycles. The molecule has 3 rings (SSSR count). The third-order valence-electron chi connectivity index (χ3n) is 3.93. The Morgan fingerprint density at radius 2 is 2.00 bits per heavy atom. The first-order valence-corrected chi connectivity index (χ1v) is 9.49. The molecular formula is C16H20N2O4S. The maximum atomic E-state index is 12.3. The van der Waals surface area contributed by atoms with E-state index in [4.69, 9.17) is 4.42 Å². The molecule has 1 aliphatic carbocycles. The number of hydrogen-bond donors (Lipinski definition) is 2. The third kappa shape index (κ3) is 3.92. The third-order valence-corrected chi connectivity index (χ3v) is 4.71. The molecule has 23 heavy (non-hydrogen) atoms. The van der Waals surface area contributed by atoms with Crippen LogP contribution in [0, 0.1) is 5.92 Å². The number of amides is 1. The van der Waals surface area contributed by atoms with Gasteiger partial charge in [-0.1, -0.05) is 18.2 Å². The summed E-state index contributed by atoms with van der Waals surface area (Å²) in [6.07, 6.45) is 3.08. The Bertz CT molecular complexity index is 790. The van der Waals surface area contributed by atoms with Gasteiger partial charge in [-0.3, -0.25) is 4.79 Å². The number of carbonyl (C=O) groups excluding carboxylic acids is 1. The van der Waals surface area contributed by atoms with E-state index in [0.29, 0.717) is 11.7 Å². The first kappa shape index (κ1) is 16.0. The number of sulfonamides is 1. The second-order valence-electron chi connectivity index (χ2n) is 6.12. The van der Waals surface area contributed by atoms with Crippen molar-refractivity contribution in [2.24, 2.45) is 5.92 Å². The lowest BCUT2D eigenvalue weighted by Crippen LogP contribution is -2.45. The monoisotopic (exact) mass is 336 g/mol. The summed E-state index contributed by atoms with van der Waals surface area (Å²) in [6.45, 7) is 1.53.